The molecule has 0 spiro atoms. The van der Waals surface area contributed by atoms with Crippen molar-refractivity contribution in [1.29, 1.82) is 0 Å². The second kappa shape index (κ2) is 10.9. The van der Waals surface area contributed by atoms with Crippen LogP contribution < -0.4 is 15.4 Å². The molecule has 5 rings (SSSR count). The fraction of sp³-hybridized carbons (Fsp3) is 0.308. The lowest BCUT2D eigenvalue weighted by molar-refractivity contribution is -0.133. The van der Waals surface area contributed by atoms with Crippen molar-refractivity contribution in [1.82, 2.24) is 19.9 Å². The fourth-order valence-corrected chi connectivity index (χ4v) is 5.67. The number of piperazine rings is 1. The summed E-state index contributed by atoms with van der Waals surface area (Å²) in [5.41, 5.74) is 7.75. The van der Waals surface area contributed by atoms with Gasteiger partial charge in [-0.1, -0.05) is 42.0 Å². The summed E-state index contributed by atoms with van der Waals surface area (Å²) in [7, 11) is 0. The molecule has 37 heavy (non-hydrogen) atoms. The number of hydrogen-bond donors (Lipinski definition) is 1. The van der Waals surface area contributed by atoms with E-state index in [4.69, 9.17) is 27.1 Å². The number of nitrogens with zero attached hydrogens (tertiary/aromatic N) is 5. The number of anilines is 2. The summed E-state index contributed by atoms with van der Waals surface area (Å²) in [5, 5.41) is 1.50. The Balaban J connectivity index is 1.29. The summed E-state index contributed by atoms with van der Waals surface area (Å²) in [6.45, 7) is 4.26. The number of amides is 1. The molecule has 1 atom stereocenters. The molecule has 0 bridgehead atoms. The molecule has 0 saturated carbocycles. The van der Waals surface area contributed by atoms with Crippen molar-refractivity contribution in [3.05, 3.63) is 69.9 Å². The lowest BCUT2D eigenvalue weighted by Crippen LogP contribution is -2.50. The van der Waals surface area contributed by atoms with Crippen molar-refractivity contribution in [2.75, 3.05) is 43.4 Å². The zero-order chi connectivity index (χ0) is 25.9. The van der Waals surface area contributed by atoms with Crippen LogP contribution in [0.2, 0.25) is 5.02 Å². The average molecular weight is 541 g/mol. The number of carbonyl (C=O) groups is 1. The molecular formula is C26H26ClFN6O2S. The molecule has 192 valence electrons. The zero-order valence-electron chi connectivity index (χ0n) is 20.2. The Bertz CT molecular complexity index is 1390. The number of nitrogens with two attached hydrogens (primary N) is 1. The average Bonchev–Trinajstić information content (AvgIpc) is 3.32. The Morgan fingerprint density at radius 1 is 1.08 bits per heavy atom. The van der Waals surface area contributed by atoms with E-state index in [1.54, 1.807) is 41.3 Å². The number of carbonyl (C=O) groups excluding carboxylic acids is 1. The van der Waals surface area contributed by atoms with Crippen molar-refractivity contribution in [3.8, 4) is 5.75 Å². The highest BCUT2D eigenvalue weighted by Gasteiger charge is 2.26. The second-order valence-corrected chi connectivity index (χ2v) is 10.2. The molecule has 0 radical (unpaired) electrons. The molecule has 2 N–H and O–H groups in total. The normalized spacial score (nSPS) is 14.7. The minimum atomic E-state index is -0.266. The van der Waals surface area contributed by atoms with E-state index in [-0.39, 0.29) is 30.2 Å². The molecule has 2 aromatic heterocycles. The summed E-state index contributed by atoms with van der Waals surface area (Å²) < 4.78 is 19.1. The molecule has 1 saturated heterocycles. The van der Waals surface area contributed by atoms with Crippen molar-refractivity contribution >= 4 is 51.0 Å². The van der Waals surface area contributed by atoms with Gasteiger partial charge in [-0.2, -0.15) is 4.98 Å². The SMILES string of the molecule is CCC(c1ccc(F)cc1)c1nc2c(N3CCN(C(=O)COc4ccc(Cl)cc4)CC3)nc(N)nc2s1. The van der Waals surface area contributed by atoms with Crippen molar-refractivity contribution in [2.24, 2.45) is 0 Å². The summed E-state index contributed by atoms with van der Waals surface area (Å²) in [5.74, 6) is 1.12. The first-order chi connectivity index (χ1) is 17.9. The van der Waals surface area contributed by atoms with Crippen molar-refractivity contribution in [2.45, 2.75) is 19.3 Å². The maximum Gasteiger partial charge on any atom is 0.260 e. The van der Waals surface area contributed by atoms with Crippen LogP contribution in [0.4, 0.5) is 16.2 Å². The lowest BCUT2D eigenvalue weighted by atomic mass is 9.97. The Morgan fingerprint density at radius 3 is 2.46 bits per heavy atom. The van der Waals surface area contributed by atoms with Gasteiger partial charge >= 0.3 is 0 Å². The standard InChI is InChI=1S/C26H26ClFN6O2S/c1-2-20(16-3-7-18(28)8-4-16)24-30-22-23(31-26(29)32-25(22)37-24)34-13-11-33(12-14-34)21(35)15-36-19-9-5-17(27)6-10-19/h3-10,20H,2,11-15H2,1H3,(H2,29,31,32). The van der Waals surface area contributed by atoms with Gasteiger partial charge in [0.25, 0.3) is 5.91 Å². The van der Waals surface area contributed by atoms with Gasteiger partial charge in [0.05, 0.1) is 0 Å². The van der Waals surface area contributed by atoms with Crippen LogP contribution in [-0.2, 0) is 4.79 Å². The number of rotatable bonds is 7. The second-order valence-electron chi connectivity index (χ2n) is 8.73. The third-order valence-corrected chi connectivity index (χ3v) is 7.68. The highest BCUT2D eigenvalue weighted by atomic mass is 35.5. The maximum atomic E-state index is 13.5. The van der Waals surface area contributed by atoms with Crippen LogP contribution in [0, 0.1) is 5.82 Å². The molecule has 2 aromatic carbocycles. The molecule has 1 unspecified atom stereocenters. The van der Waals surface area contributed by atoms with E-state index < -0.39 is 0 Å². The van der Waals surface area contributed by atoms with Gasteiger partial charge in [0.1, 0.15) is 22.1 Å². The minimum absolute atomic E-state index is 0.0176. The molecule has 1 aliphatic heterocycles. The van der Waals surface area contributed by atoms with Gasteiger partial charge < -0.3 is 20.3 Å². The topological polar surface area (TPSA) is 97.5 Å². The highest BCUT2D eigenvalue weighted by molar-refractivity contribution is 7.18. The van der Waals surface area contributed by atoms with Crippen LogP contribution in [0.15, 0.2) is 48.5 Å². The smallest absolute Gasteiger partial charge is 0.260 e. The molecule has 0 aliphatic carbocycles. The van der Waals surface area contributed by atoms with E-state index in [2.05, 4.69) is 21.8 Å². The van der Waals surface area contributed by atoms with Crippen molar-refractivity contribution in [3.63, 3.8) is 0 Å². The highest BCUT2D eigenvalue weighted by Crippen LogP contribution is 2.36. The molecular weight excluding hydrogens is 515 g/mol. The number of hydrogen-bond acceptors (Lipinski definition) is 8. The van der Waals surface area contributed by atoms with E-state index in [9.17, 15) is 9.18 Å². The zero-order valence-corrected chi connectivity index (χ0v) is 21.8. The predicted octanol–water partition coefficient (Wildman–Crippen LogP) is 4.73. The Hall–Kier alpha value is -3.50. The van der Waals surface area contributed by atoms with Crippen molar-refractivity contribution < 1.29 is 13.9 Å². The summed E-state index contributed by atoms with van der Waals surface area (Å²) in [6, 6.07) is 13.4. The van der Waals surface area contributed by atoms with Gasteiger partial charge in [-0.25, -0.2) is 14.4 Å². The molecule has 1 aliphatic rings. The Morgan fingerprint density at radius 2 is 1.78 bits per heavy atom. The maximum absolute atomic E-state index is 13.5. The van der Waals surface area contributed by atoms with E-state index >= 15 is 0 Å². The van der Waals surface area contributed by atoms with Crippen LogP contribution in [0.25, 0.3) is 10.3 Å². The molecule has 3 heterocycles. The number of thiazole rings is 1. The van der Waals surface area contributed by atoms with Gasteiger partial charge in [0.2, 0.25) is 5.95 Å². The number of nitrogen functional groups attached to an aromatic ring is 1. The number of aromatic nitrogens is 3. The first-order valence-corrected chi connectivity index (χ1v) is 13.2. The van der Waals surface area contributed by atoms with Crippen LogP contribution >= 0.6 is 22.9 Å². The van der Waals surface area contributed by atoms with Gasteiger partial charge in [0.15, 0.2) is 17.3 Å². The number of benzene rings is 2. The molecule has 1 amide bonds. The van der Waals surface area contributed by atoms with Crippen LogP contribution in [0.5, 0.6) is 5.75 Å². The number of fused-ring (bicyclic) bond motifs is 1. The van der Waals surface area contributed by atoms with Crippen LogP contribution in [0.3, 0.4) is 0 Å². The minimum Gasteiger partial charge on any atom is -0.484 e. The molecule has 8 nitrogen and oxygen atoms in total. The van der Waals surface area contributed by atoms with Crippen LogP contribution in [0.1, 0.15) is 29.8 Å². The first kappa shape index (κ1) is 25.2. The van der Waals surface area contributed by atoms with Gasteiger partial charge in [-0.05, 0) is 48.4 Å². The Labute approximate surface area is 222 Å². The molecule has 11 heteroatoms. The van der Waals surface area contributed by atoms with E-state index in [0.717, 1.165) is 17.0 Å². The molecule has 1 fully saturated rings. The quantitative estimate of drug-likeness (QED) is 0.362. The summed E-state index contributed by atoms with van der Waals surface area (Å²) in [4.78, 5) is 31.1. The van der Waals surface area contributed by atoms with Gasteiger partial charge in [-0.15, -0.1) is 0 Å². The fourth-order valence-electron chi connectivity index (χ4n) is 4.39. The first-order valence-electron chi connectivity index (χ1n) is 12.0. The van der Waals surface area contributed by atoms with Gasteiger partial charge in [0, 0.05) is 37.1 Å². The third-order valence-electron chi connectivity index (χ3n) is 6.36. The van der Waals surface area contributed by atoms with E-state index in [1.165, 1.54) is 23.5 Å². The van der Waals surface area contributed by atoms with E-state index in [1.807, 2.05) is 0 Å². The third kappa shape index (κ3) is 5.60. The van der Waals surface area contributed by atoms with Gasteiger partial charge in [-0.3, -0.25) is 4.79 Å². The van der Waals surface area contributed by atoms with E-state index in [0.29, 0.717) is 53.1 Å². The Kier molecular flexibility index (Phi) is 7.38. The predicted molar refractivity (Wildman–Crippen MR) is 144 cm³/mol. The largest absolute Gasteiger partial charge is 0.484 e. The summed E-state index contributed by atoms with van der Waals surface area (Å²) >= 11 is 7.38. The number of ether oxygens (including phenoxy) is 1. The summed E-state index contributed by atoms with van der Waals surface area (Å²) in [6.07, 6.45) is 0.808. The van der Waals surface area contributed by atoms with Crippen LogP contribution in [-0.4, -0.2) is 58.5 Å². The monoisotopic (exact) mass is 540 g/mol. The number of halogens is 2. The lowest BCUT2D eigenvalue weighted by Gasteiger charge is -2.35. The molecule has 4 aromatic rings.